The van der Waals surface area contributed by atoms with Gasteiger partial charge in [-0.3, -0.25) is 4.90 Å². The molecular formula is C26H35ClN4O2. The number of urea groups is 1. The summed E-state index contributed by atoms with van der Waals surface area (Å²) in [6, 6.07) is 15.6. The van der Waals surface area contributed by atoms with E-state index < -0.39 is 0 Å². The number of nitrogens with one attached hydrogen (secondary N) is 2. The lowest BCUT2D eigenvalue weighted by atomic mass is 10.1. The van der Waals surface area contributed by atoms with Gasteiger partial charge < -0.3 is 20.3 Å². The van der Waals surface area contributed by atoms with E-state index in [1.807, 2.05) is 12.1 Å². The Hall–Kier alpha value is -2.28. The molecule has 0 spiro atoms. The predicted molar refractivity (Wildman–Crippen MR) is 134 cm³/mol. The number of nitrogens with zero attached hydrogens (tertiary/aromatic N) is 2. The summed E-state index contributed by atoms with van der Waals surface area (Å²) < 4.78 is 5.94. The Bertz CT molecular complexity index is 886. The average Bonchev–Trinajstić information content (AvgIpc) is 3.25. The Morgan fingerprint density at radius 3 is 2.64 bits per heavy atom. The standard InChI is InChI=1S/C26H35ClN4O2/c27-22-6-4-7-23(18-22)28-26(32)29-24-12-16-31(20-24)19-21-8-10-25(11-9-21)33-17-5-15-30-13-2-1-3-14-30/h4,6-11,18,24H,1-3,5,12-17,19-20H2,(H2,28,29,32)/t24-/m0/s1. The number of likely N-dealkylation sites (tertiary alicyclic amines) is 2. The summed E-state index contributed by atoms with van der Waals surface area (Å²) in [5, 5.41) is 6.52. The van der Waals surface area contributed by atoms with Crippen LogP contribution in [0.2, 0.25) is 5.02 Å². The van der Waals surface area contributed by atoms with Crippen molar-refractivity contribution in [3.8, 4) is 5.75 Å². The number of hydrogen-bond donors (Lipinski definition) is 2. The Labute approximate surface area is 202 Å². The predicted octanol–water partition coefficient (Wildman–Crippen LogP) is 4.99. The van der Waals surface area contributed by atoms with Crippen molar-refractivity contribution >= 4 is 23.3 Å². The summed E-state index contributed by atoms with van der Waals surface area (Å²) in [5.74, 6) is 0.941. The molecule has 2 fully saturated rings. The Morgan fingerprint density at radius 2 is 1.85 bits per heavy atom. The van der Waals surface area contributed by atoms with Crippen LogP contribution in [0.25, 0.3) is 0 Å². The number of anilines is 1. The number of piperidine rings is 1. The third-order valence-electron chi connectivity index (χ3n) is 6.36. The number of rotatable bonds is 9. The smallest absolute Gasteiger partial charge is 0.319 e. The van der Waals surface area contributed by atoms with Gasteiger partial charge in [0.1, 0.15) is 5.75 Å². The SMILES string of the molecule is O=C(Nc1cccc(Cl)c1)N[C@H]1CCN(Cc2ccc(OCCCN3CCCCC3)cc2)C1. The van der Waals surface area contributed by atoms with Gasteiger partial charge in [-0.2, -0.15) is 0 Å². The zero-order valence-electron chi connectivity index (χ0n) is 19.3. The molecule has 0 bridgehead atoms. The first-order valence-corrected chi connectivity index (χ1v) is 12.5. The minimum atomic E-state index is -0.189. The van der Waals surface area contributed by atoms with Gasteiger partial charge in [-0.05, 0) is 74.7 Å². The highest BCUT2D eigenvalue weighted by molar-refractivity contribution is 6.30. The highest BCUT2D eigenvalue weighted by Crippen LogP contribution is 2.18. The number of carbonyl (C=O) groups excluding carboxylic acids is 1. The molecular weight excluding hydrogens is 436 g/mol. The summed E-state index contributed by atoms with van der Waals surface area (Å²) in [4.78, 5) is 17.2. The van der Waals surface area contributed by atoms with Crippen LogP contribution >= 0.6 is 11.6 Å². The molecule has 2 aliphatic rings. The van der Waals surface area contributed by atoms with E-state index in [9.17, 15) is 4.79 Å². The van der Waals surface area contributed by atoms with E-state index in [0.717, 1.165) is 51.4 Å². The van der Waals surface area contributed by atoms with Gasteiger partial charge in [-0.25, -0.2) is 4.79 Å². The lowest BCUT2D eigenvalue weighted by Gasteiger charge is -2.26. The van der Waals surface area contributed by atoms with E-state index in [1.165, 1.54) is 37.9 Å². The van der Waals surface area contributed by atoms with Crippen LogP contribution in [0.3, 0.4) is 0 Å². The molecule has 2 aliphatic heterocycles. The summed E-state index contributed by atoms with van der Waals surface area (Å²) in [6.45, 7) is 7.09. The van der Waals surface area contributed by atoms with E-state index in [-0.39, 0.29) is 12.1 Å². The van der Waals surface area contributed by atoms with E-state index in [2.05, 4.69) is 44.7 Å². The summed E-state index contributed by atoms with van der Waals surface area (Å²) >= 11 is 5.98. The third kappa shape index (κ3) is 7.91. The first-order chi connectivity index (χ1) is 16.1. The van der Waals surface area contributed by atoms with E-state index >= 15 is 0 Å². The second kappa shape index (κ2) is 12.3. The van der Waals surface area contributed by atoms with Crippen molar-refractivity contribution in [1.29, 1.82) is 0 Å². The quantitative estimate of drug-likeness (QED) is 0.507. The minimum Gasteiger partial charge on any atom is -0.494 e. The number of amides is 2. The molecule has 0 aliphatic carbocycles. The fraction of sp³-hybridized carbons (Fsp3) is 0.500. The molecule has 4 rings (SSSR count). The van der Waals surface area contributed by atoms with E-state index in [0.29, 0.717) is 10.7 Å². The fourth-order valence-electron chi connectivity index (χ4n) is 4.62. The maximum Gasteiger partial charge on any atom is 0.319 e. The highest BCUT2D eigenvalue weighted by Gasteiger charge is 2.24. The second-order valence-electron chi connectivity index (χ2n) is 9.08. The second-order valence-corrected chi connectivity index (χ2v) is 9.51. The number of carbonyl (C=O) groups is 1. The largest absolute Gasteiger partial charge is 0.494 e. The van der Waals surface area contributed by atoms with Crippen molar-refractivity contribution in [2.75, 3.05) is 44.6 Å². The third-order valence-corrected chi connectivity index (χ3v) is 6.59. The lowest BCUT2D eigenvalue weighted by Crippen LogP contribution is -2.39. The van der Waals surface area contributed by atoms with Gasteiger partial charge in [0.05, 0.1) is 6.61 Å². The Balaban J connectivity index is 1.13. The van der Waals surface area contributed by atoms with Crippen molar-refractivity contribution < 1.29 is 9.53 Å². The van der Waals surface area contributed by atoms with E-state index in [1.54, 1.807) is 12.1 Å². The molecule has 7 heteroatoms. The van der Waals surface area contributed by atoms with Crippen LogP contribution in [0.1, 0.15) is 37.7 Å². The molecule has 178 valence electrons. The normalized spacial score (nSPS) is 19.4. The molecule has 6 nitrogen and oxygen atoms in total. The number of halogens is 1. The molecule has 0 saturated carbocycles. The monoisotopic (exact) mass is 470 g/mol. The zero-order valence-corrected chi connectivity index (χ0v) is 20.0. The van der Waals surface area contributed by atoms with Crippen LogP contribution in [0.15, 0.2) is 48.5 Å². The maximum atomic E-state index is 12.3. The molecule has 2 amide bonds. The van der Waals surface area contributed by atoms with Crippen LogP contribution in [0.4, 0.5) is 10.5 Å². The zero-order chi connectivity index (χ0) is 22.9. The summed E-state index contributed by atoms with van der Waals surface area (Å²) in [6.07, 6.45) is 6.09. The first kappa shape index (κ1) is 23.9. The van der Waals surface area contributed by atoms with Crippen LogP contribution < -0.4 is 15.4 Å². The van der Waals surface area contributed by atoms with Crippen molar-refractivity contribution in [3.63, 3.8) is 0 Å². The molecule has 2 saturated heterocycles. The average molecular weight is 471 g/mol. The molecule has 1 atom stereocenters. The van der Waals surface area contributed by atoms with Gasteiger partial charge in [0, 0.05) is 42.9 Å². The lowest BCUT2D eigenvalue weighted by molar-refractivity contribution is 0.205. The van der Waals surface area contributed by atoms with Gasteiger partial charge >= 0.3 is 6.03 Å². The van der Waals surface area contributed by atoms with Crippen LogP contribution in [-0.4, -0.2) is 61.2 Å². The van der Waals surface area contributed by atoms with Gasteiger partial charge in [0.25, 0.3) is 0 Å². The van der Waals surface area contributed by atoms with Crippen LogP contribution in [0.5, 0.6) is 5.75 Å². The minimum absolute atomic E-state index is 0.145. The fourth-order valence-corrected chi connectivity index (χ4v) is 4.81. The molecule has 2 aromatic carbocycles. The highest BCUT2D eigenvalue weighted by atomic mass is 35.5. The summed E-state index contributed by atoms with van der Waals surface area (Å²) in [7, 11) is 0. The molecule has 2 aromatic rings. The maximum absolute atomic E-state index is 12.3. The first-order valence-electron chi connectivity index (χ1n) is 12.1. The van der Waals surface area contributed by atoms with Crippen LogP contribution in [0, 0.1) is 0 Å². The van der Waals surface area contributed by atoms with Gasteiger partial charge in [-0.1, -0.05) is 36.2 Å². The van der Waals surface area contributed by atoms with Crippen molar-refractivity contribution in [2.45, 2.75) is 44.7 Å². The Morgan fingerprint density at radius 1 is 1.03 bits per heavy atom. The van der Waals surface area contributed by atoms with Crippen molar-refractivity contribution in [2.24, 2.45) is 0 Å². The molecule has 0 radical (unpaired) electrons. The molecule has 0 unspecified atom stereocenters. The van der Waals surface area contributed by atoms with Crippen molar-refractivity contribution in [1.82, 2.24) is 15.1 Å². The molecule has 0 aromatic heterocycles. The molecule has 33 heavy (non-hydrogen) atoms. The number of hydrogen-bond acceptors (Lipinski definition) is 4. The van der Waals surface area contributed by atoms with Crippen molar-refractivity contribution in [3.05, 3.63) is 59.1 Å². The summed E-state index contributed by atoms with van der Waals surface area (Å²) in [5.41, 5.74) is 1.96. The molecule has 2 N–H and O–H groups in total. The van der Waals surface area contributed by atoms with Gasteiger partial charge in [-0.15, -0.1) is 0 Å². The van der Waals surface area contributed by atoms with Crippen LogP contribution in [-0.2, 0) is 6.54 Å². The topological polar surface area (TPSA) is 56.8 Å². The Kier molecular flexibility index (Phi) is 8.86. The van der Waals surface area contributed by atoms with Gasteiger partial charge in [0.2, 0.25) is 0 Å². The van der Waals surface area contributed by atoms with Gasteiger partial charge in [0.15, 0.2) is 0 Å². The van der Waals surface area contributed by atoms with E-state index in [4.69, 9.17) is 16.3 Å². The number of benzene rings is 2. The molecule has 2 heterocycles. The number of ether oxygens (including phenoxy) is 1.